The first-order valence-electron chi connectivity index (χ1n) is 11.1. The molecule has 0 aliphatic carbocycles. The van der Waals surface area contributed by atoms with E-state index in [0.29, 0.717) is 14.3 Å². The third kappa shape index (κ3) is 5.11. The van der Waals surface area contributed by atoms with Crippen LogP contribution in [0.15, 0.2) is 55.3 Å². The number of hydrogen-bond donors (Lipinski definition) is 4. The predicted molar refractivity (Wildman–Crippen MR) is 148 cm³/mol. The van der Waals surface area contributed by atoms with Crippen molar-refractivity contribution in [3.63, 3.8) is 0 Å². The molecule has 0 radical (unpaired) electrons. The molecule has 2 unspecified atom stereocenters. The van der Waals surface area contributed by atoms with Crippen molar-refractivity contribution in [3.8, 4) is 0 Å². The lowest BCUT2D eigenvalue weighted by atomic mass is 9.87. The number of benzene rings is 1. The minimum absolute atomic E-state index is 0.0616. The van der Waals surface area contributed by atoms with Crippen molar-refractivity contribution in [2.75, 3.05) is 18.0 Å². The summed E-state index contributed by atoms with van der Waals surface area (Å²) in [5.41, 5.74) is 3.56. The molecule has 2 saturated heterocycles. The third-order valence-corrected chi connectivity index (χ3v) is 10.4. The van der Waals surface area contributed by atoms with Crippen LogP contribution in [0, 0.1) is 11.2 Å². The second kappa shape index (κ2) is 10.6. The molecule has 0 saturated carbocycles. The summed E-state index contributed by atoms with van der Waals surface area (Å²) in [5.74, 6) is -2.77. The zero-order valence-electron chi connectivity index (χ0n) is 19.6. The number of carboxylic acid groups (broad SMARTS) is 1. The van der Waals surface area contributed by atoms with E-state index in [1.165, 1.54) is 63.7 Å². The van der Waals surface area contributed by atoms with E-state index in [-0.39, 0.29) is 28.6 Å². The Hall–Kier alpha value is -3.47. The van der Waals surface area contributed by atoms with Crippen LogP contribution in [0.3, 0.4) is 0 Å². The number of nitrogens with zero attached hydrogens (tertiary/aromatic N) is 3. The number of nitrogens with one attached hydrogen (secondary N) is 1. The van der Waals surface area contributed by atoms with Gasteiger partial charge in [-0.1, -0.05) is 23.0 Å². The Morgan fingerprint density at radius 3 is 2.82 bits per heavy atom. The standard InChI is InChI=1S/C23H18FN5O6S4/c24-10-1-2-11-13(30)6-15(39-14(11)5-10)36-4-3-23(21(33)34)8-29-19(32)17(20(29)38-9-23)27-18(31)16(28-35)12-7-37-22(25)26-12/h1-7,17,20,35H,8-9H2,(H2,25,26)(H,27,31)(H,33,34)/t17?,20-,23?/m1/s1. The van der Waals surface area contributed by atoms with Gasteiger partial charge in [0.05, 0.1) is 4.21 Å². The van der Waals surface area contributed by atoms with E-state index in [1.54, 1.807) is 5.41 Å². The fourth-order valence-electron chi connectivity index (χ4n) is 4.11. The fraction of sp³-hybridized carbons (Fsp3) is 0.217. The molecule has 5 N–H and O–H groups in total. The lowest BCUT2D eigenvalue weighted by Crippen LogP contribution is -2.73. The van der Waals surface area contributed by atoms with E-state index in [9.17, 15) is 33.9 Å². The summed E-state index contributed by atoms with van der Waals surface area (Å²) in [4.78, 5) is 55.4. The maximum Gasteiger partial charge on any atom is 0.316 e. The number of fused-ring (bicyclic) bond motifs is 2. The molecule has 0 bridgehead atoms. The van der Waals surface area contributed by atoms with Crippen LogP contribution in [0.25, 0.3) is 10.1 Å². The molecule has 4 heterocycles. The number of hydrogen-bond acceptors (Lipinski definition) is 12. The van der Waals surface area contributed by atoms with E-state index in [1.807, 2.05) is 0 Å². The molecule has 11 nitrogen and oxygen atoms in total. The molecule has 39 heavy (non-hydrogen) atoms. The van der Waals surface area contributed by atoms with Gasteiger partial charge in [-0.25, -0.2) is 9.37 Å². The number of nitrogens with two attached hydrogens (primary N) is 1. The topological polar surface area (TPSA) is 175 Å². The molecule has 2 aliphatic heterocycles. The molecule has 0 spiro atoms. The van der Waals surface area contributed by atoms with E-state index >= 15 is 0 Å². The molecule has 2 fully saturated rings. The van der Waals surface area contributed by atoms with Crippen LogP contribution in [0.5, 0.6) is 0 Å². The zero-order chi connectivity index (χ0) is 27.9. The number of β-lactam (4-membered cyclic amide) rings is 1. The number of thiazole rings is 1. The Kier molecular flexibility index (Phi) is 7.37. The van der Waals surface area contributed by atoms with Crippen molar-refractivity contribution in [2.24, 2.45) is 10.6 Å². The maximum absolute atomic E-state index is 13.6. The Morgan fingerprint density at radius 2 is 2.13 bits per heavy atom. The molecule has 2 aromatic heterocycles. The van der Waals surface area contributed by atoms with Gasteiger partial charge in [0.2, 0.25) is 5.91 Å². The largest absolute Gasteiger partial charge is 0.481 e. The van der Waals surface area contributed by atoms with Crippen molar-refractivity contribution in [1.29, 1.82) is 0 Å². The van der Waals surface area contributed by atoms with Crippen LogP contribution in [-0.2, 0) is 14.4 Å². The third-order valence-electron chi connectivity index (χ3n) is 6.14. The van der Waals surface area contributed by atoms with Crippen LogP contribution in [0.2, 0.25) is 0 Å². The normalized spacial score (nSPS) is 23.1. The SMILES string of the molecule is Nc1nc(C(=NO)C(=O)NC2C(=O)N3CC(C=CSc4cc(=O)c5ccc(F)cc5s4)(C(=O)O)CS[C@H]23)cs1. The number of halogens is 1. The highest BCUT2D eigenvalue weighted by Crippen LogP contribution is 2.43. The Balaban J connectivity index is 1.27. The number of nitrogen functional groups attached to an aromatic ring is 1. The van der Waals surface area contributed by atoms with E-state index in [4.69, 9.17) is 5.73 Å². The van der Waals surface area contributed by atoms with Gasteiger partial charge in [-0.2, -0.15) is 0 Å². The summed E-state index contributed by atoms with van der Waals surface area (Å²) in [6.07, 6.45) is 1.48. The first-order valence-corrected chi connectivity index (χ1v) is 14.7. The highest BCUT2D eigenvalue weighted by atomic mass is 32.2. The highest BCUT2D eigenvalue weighted by molar-refractivity contribution is 8.04. The van der Waals surface area contributed by atoms with Gasteiger partial charge in [-0.3, -0.25) is 19.2 Å². The fourth-order valence-corrected chi connectivity index (χ4v) is 8.27. The van der Waals surface area contributed by atoms with Crippen LogP contribution in [0.1, 0.15) is 5.69 Å². The number of thioether (sulfide) groups is 2. The number of anilines is 1. The molecule has 202 valence electrons. The number of rotatable bonds is 7. The minimum atomic E-state index is -1.40. The summed E-state index contributed by atoms with van der Waals surface area (Å²) in [6.45, 7) is -0.120. The van der Waals surface area contributed by atoms with Crippen molar-refractivity contribution in [3.05, 3.63) is 62.9 Å². The number of carbonyl (C=O) groups excluding carboxylic acids is 2. The summed E-state index contributed by atoms with van der Waals surface area (Å²) in [5, 5.41) is 27.9. The molecule has 3 aromatic rings. The van der Waals surface area contributed by atoms with Crippen LogP contribution >= 0.6 is 46.2 Å². The summed E-state index contributed by atoms with van der Waals surface area (Å²) >= 11 is 4.59. The smallest absolute Gasteiger partial charge is 0.316 e. The molecular formula is C23H18FN5O6S4. The average Bonchev–Trinajstić information content (AvgIpc) is 3.32. The van der Waals surface area contributed by atoms with Crippen LogP contribution in [-0.4, -0.2) is 67.4 Å². The summed E-state index contributed by atoms with van der Waals surface area (Å²) in [7, 11) is 0. The number of oxime groups is 1. The van der Waals surface area contributed by atoms with Crippen LogP contribution < -0.4 is 16.5 Å². The van der Waals surface area contributed by atoms with Gasteiger partial charge in [0.25, 0.3) is 5.91 Å². The minimum Gasteiger partial charge on any atom is -0.481 e. The molecule has 16 heteroatoms. The quantitative estimate of drug-likeness (QED) is 0.103. The molecule has 1 aromatic carbocycles. The van der Waals surface area contributed by atoms with E-state index in [0.717, 1.165) is 23.1 Å². The van der Waals surface area contributed by atoms with Gasteiger partial charge in [-0.15, -0.1) is 34.4 Å². The second-order valence-electron chi connectivity index (χ2n) is 8.59. The van der Waals surface area contributed by atoms with Crippen molar-refractivity contribution >= 4 is 84.9 Å². The predicted octanol–water partition coefficient (Wildman–Crippen LogP) is 2.39. The van der Waals surface area contributed by atoms with E-state index < -0.39 is 46.1 Å². The van der Waals surface area contributed by atoms with Crippen LogP contribution in [0.4, 0.5) is 9.52 Å². The lowest BCUT2D eigenvalue weighted by molar-refractivity contribution is -0.156. The maximum atomic E-state index is 13.6. The molecule has 2 aliphatic rings. The lowest BCUT2D eigenvalue weighted by Gasteiger charge is -2.53. The van der Waals surface area contributed by atoms with Gasteiger partial charge in [0.15, 0.2) is 16.3 Å². The Morgan fingerprint density at radius 1 is 1.33 bits per heavy atom. The Labute approximate surface area is 235 Å². The van der Waals surface area contributed by atoms with Gasteiger partial charge in [0, 0.05) is 33.8 Å². The molecule has 2 amide bonds. The molecule has 3 atom stereocenters. The number of aliphatic carboxylic acids is 1. The number of carbonyl (C=O) groups is 3. The molecule has 5 rings (SSSR count). The van der Waals surface area contributed by atoms with Gasteiger partial charge in [0.1, 0.15) is 28.3 Å². The number of carboxylic acids is 1. The number of amides is 2. The van der Waals surface area contributed by atoms with Gasteiger partial charge < -0.3 is 26.3 Å². The monoisotopic (exact) mass is 607 g/mol. The van der Waals surface area contributed by atoms with Gasteiger partial charge >= 0.3 is 5.97 Å². The zero-order valence-corrected chi connectivity index (χ0v) is 22.8. The first-order chi connectivity index (χ1) is 18.6. The van der Waals surface area contributed by atoms with Crippen molar-refractivity contribution < 1.29 is 29.1 Å². The van der Waals surface area contributed by atoms with Crippen molar-refractivity contribution in [1.82, 2.24) is 15.2 Å². The number of aromatic nitrogens is 1. The van der Waals surface area contributed by atoms with E-state index in [2.05, 4.69) is 15.5 Å². The summed E-state index contributed by atoms with van der Waals surface area (Å²) < 4.78 is 14.6. The highest BCUT2D eigenvalue weighted by Gasteiger charge is 2.57. The average molecular weight is 608 g/mol. The van der Waals surface area contributed by atoms with Crippen molar-refractivity contribution in [2.45, 2.75) is 15.6 Å². The second-order valence-corrected chi connectivity index (χ2v) is 12.9. The van der Waals surface area contributed by atoms with Gasteiger partial charge in [-0.05, 0) is 23.6 Å². The first kappa shape index (κ1) is 27.1. The molecular weight excluding hydrogens is 590 g/mol. The summed E-state index contributed by atoms with van der Waals surface area (Å²) in [6, 6.07) is 4.40. The Bertz CT molecular complexity index is 1620.